The molecule has 17 heavy (non-hydrogen) atoms. The SMILES string of the molecule is CC(C)CCS(=O)(=O)c1ccc(B(O)O)cc1. The van der Waals surface area contributed by atoms with E-state index in [9.17, 15) is 8.42 Å². The highest BCUT2D eigenvalue weighted by molar-refractivity contribution is 7.91. The van der Waals surface area contributed by atoms with Gasteiger partial charge in [0.2, 0.25) is 0 Å². The molecule has 0 aromatic heterocycles. The van der Waals surface area contributed by atoms with Gasteiger partial charge >= 0.3 is 7.12 Å². The fraction of sp³-hybridized carbons (Fsp3) is 0.455. The van der Waals surface area contributed by atoms with E-state index in [0.29, 0.717) is 12.3 Å². The predicted octanol–water partition coefficient (Wildman–Crippen LogP) is 0.186. The van der Waals surface area contributed by atoms with Crippen molar-refractivity contribution in [3.63, 3.8) is 0 Å². The van der Waals surface area contributed by atoms with Gasteiger partial charge in [0.15, 0.2) is 9.84 Å². The van der Waals surface area contributed by atoms with Crippen molar-refractivity contribution in [3.05, 3.63) is 24.3 Å². The van der Waals surface area contributed by atoms with Gasteiger partial charge in [0.25, 0.3) is 0 Å². The molecule has 6 heteroatoms. The Labute approximate surface area is 102 Å². The summed E-state index contributed by atoms with van der Waals surface area (Å²) in [6.45, 7) is 3.95. The zero-order valence-electron chi connectivity index (χ0n) is 10.00. The van der Waals surface area contributed by atoms with Gasteiger partial charge in [-0.25, -0.2) is 8.42 Å². The van der Waals surface area contributed by atoms with E-state index >= 15 is 0 Å². The van der Waals surface area contributed by atoms with Gasteiger partial charge in [-0.2, -0.15) is 0 Å². The Balaban J connectivity index is 2.85. The van der Waals surface area contributed by atoms with Crippen molar-refractivity contribution in [2.75, 3.05) is 5.75 Å². The molecule has 1 aromatic rings. The van der Waals surface area contributed by atoms with Crippen LogP contribution in [0.4, 0.5) is 0 Å². The van der Waals surface area contributed by atoms with E-state index in [1.165, 1.54) is 24.3 Å². The van der Waals surface area contributed by atoms with E-state index in [0.717, 1.165) is 0 Å². The molecule has 0 bridgehead atoms. The average Bonchev–Trinajstić information content (AvgIpc) is 2.27. The monoisotopic (exact) mass is 256 g/mol. The van der Waals surface area contributed by atoms with E-state index in [1.54, 1.807) is 0 Å². The van der Waals surface area contributed by atoms with Crippen molar-refractivity contribution < 1.29 is 18.5 Å². The third-order valence-electron chi connectivity index (χ3n) is 2.50. The molecular weight excluding hydrogens is 239 g/mol. The fourth-order valence-electron chi connectivity index (χ4n) is 1.36. The van der Waals surface area contributed by atoms with Crippen LogP contribution in [0.2, 0.25) is 0 Å². The van der Waals surface area contributed by atoms with Gasteiger partial charge in [0.05, 0.1) is 10.6 Å². The first-order valence-corrected chi connectivity index (χ1v) is 7.17. The van der Waals surface area contributed by atoms with E-state index in [-0.39, 0.29) is 16.1 Å². The zero-order valence-corrected chi connectivity index (χ0v) is 10.8. The summed E-state index contributed by atoms with van der Waals surface area (Å²) in [5.74, 6) is 0.453. The van der Waals surface area contributed by atoms with E-state index in [2.05, 4.69) is 0 Å². The maximum atomic E-state index is 11.9. The second kappa shape index (κ2) is 5.66. The Morgan fingerprint density at radius 3 is 2.12 bits per heavy atom. The summed E-state index contributed by atoms with van der Waals surface area (Å²) in [5, 5.41) is 17.8. The topological polar surface area (TPSA) is 74.6 Å². The van der Waals surface area contributed by atoms with Crippen LogP contribution in [0.25, 0.3) is 0 Å². The number of hydrogen-bond acceptors (Lipinski definition) is 4. The van der Waals surface area contributed by atoms with Gasteiger partial charge in [-0.05, 0) is 29.9 Å². The van der Waals surface area contributed by atoms with Crippen molar-refractivity contribution in [1.82, 2.24) is 0 Å². The number of benzene rings is 1. The molecule has 1 aromatic carbocycles. The summed E-state index contributed by atoms with van der Waals surface area (Å²) < 4.78 is 23.8. The van der Waals surface area contributed by atoms with Crippen molar-refractivity contribution in [2.45, 2.75) is 25.2 Å². The Morgan fingerprint density at radius 1 is 1.18 bits per heavy atom. The third-order valence-corrected chi connectivity index (χ3v) is 4.26. The summed E-state index contributed by atoms with van der Waals surface area (Å²) in [6, 6.07) is 5.63. The van der Waals surface area contributed by atoms with Gasteiger partial charge in [-0.3, -0.25) is 0 Å². The van der Waals surface area contributed by atoms with Crippen LogP contribution in [0.15, 0.2) is 29.2 Å². The standard InChI is InChI=1S/C11H17BO4S/c1-9(2)7-8-17(15,16)11-5-3-10(4-6-11)12(13)14/h3-6,9,13-14H,7-8H2,1-2H3. The molecule has 0 aliphatic carbocycles. The highest BCUT2D eigenvalue weighted by Gasteiger charge is 2.16. The number of hydrogen-bond donors (Lipinski definition) is 2. The zero-order chi connectivity index (χ0) is 13.1. The van der Waals surface area contributed by atoms with Gasteiger partial charge in [-0.1, -0.05) is 26.0 Å². The molecule has 0 atom stereocenters. The minimum atomic E-state index is -3.26. The molecule has 0 fully saturated rings. The summed E-state index contributed by atoms with van der Waals surface area (Å²) in [7, 11) is -4.83. The van der Waals surface area contributed by atoms with Crippen molar-refractivity contribution in [1.29, 1.82) is 0 Å². The smallest absolute Gasteiger partial charge is 0.423 e. The maximum absolute atomic E-state index is 11.9. The maximum Gasteiger partial charge on any atom is 0.488 e. The highest BCUT2D eigenvalue weighted by atomic mass is 32.2. The second-order valence-electron chi connectivity index (χ2n) is 4.44. The normalized spacial score (nSPS) is 11.8. The lowest BCUT2D eigenvalue weighted by atomic mass is 9.81. The fourth-order valence-corrected chi connectivity index (χ4v) is 2.92. The van der Waals surface area contributed by atoms with E-state index in [1.807, 2.05) is 13.8 Å². The lowest BCUT2D eigenvalue weighted by molar-refractivity contribution is 0.425. The summed E-state index contributed by atoms with van der Waals surface area (Å²) in [5.41, 5.74) is 0.285. The van der Waals surface area contributed by atoms with Gasteiger partial charge in [-0.15, -0.1) is 0 Å². The lowest BCUT2D eigenvalue weighted by Crippen LogP contribution is -2.29. The first kappa shape index (κ1) is 14.2. The molecule has 0 unspecified atom stereocenters. The molecule has 0 aliphatic heterocycles. The van der Waals surface area contributed by atoms with Crippen molar-refractivity contribution in [2.24, 2.45) is 5.92 Å². The number of sulfone groups is 1. The largest absolute Gasteiger partial charge is 0.488 e. The molecule has 0 saturated carbocycles. The minimum absolute atomic E-state index is 0.117. The van der Waals surface area contributed by atoms with Crippen molar-refractivity contribution >= 4 is 22.4 Å². The predicted molar refractivity (Wildman–Crippen MR) is 67.8 cm³/mol. The Hall–Kier alpha value is -0.845. The van der Waals surface area contributed by atoms with Gasteiger partial charge in [0.1, 0.15) is 0 Å². The summed E-state index contributed by atoms with van der Waals surface area (Å²) in [4.78, 5) is 0.225. The number of rotatable bonds is 5. The molecule has 0 heterocycles. The molecule has 2 N–H and O–H groups in total. The molecule has 94 valence electrons. The van der Waals surface area contributed by atoms with Crippen LogP contribution in [0.5, 0.6) is 0 Å². The Morgan fingerprint density at radius 2 is 1.71 bits per heavy atom. The lowest BCUT2D eigenvalue weighted by Gasteiger charge is -2.07. The molecule has 0 radical (unpaired) electrons. The molecule has 1 rings (SSSR count). The second-order valence-corrected chi connectivity index (χ2v) is 6.55. The van der Waals surface area contributed by atoms with Crippen LogP contribution in [0, 0.1) is 5.92 Å². The van der Waals surface area contributed by atoms with Crippen molar-refractivity contribution in [3.8, 4) is 0 Å². The average molecular weight is 256 g/mol. The molecular formula is C11H17BO4S. The van der Waals surface area contributed by atoms with E-state index < -0.39 is 17.0 Å². The van der Waals surface area contributed by atoms with Crippen LogP contribution < -0.4 is 5.46 Å². The van der Waals surface area contributed by atoms with E-state index in [4.69, 9.17) is 10.0 Å². The minimum Gasteiger partial charge on any atom is -0.423 e. The van der Waals surface area contributed by atoms with Crippen LogP contribution in [-0.2, 0) is 9.84 Å². The van der Waals surface area contributed by atoms with Crippen LogP contribution in [0.1, 0.15) is 20.3 Å². The Bertz CT molecular complexity index is 451. The quantitative estimate of drug-likeness (QED) is 0.737. The first-order chi connectivity index (χ1) is 7.83. The molecule has 0 aliphatic rings. The first-order valence-electron chi connectivity index (χ1n) is 5.52. The molecule has 0 amide bonds. The van der Waals surface area contributed by atoms with Gasteiger partial charge < -0.3 is 10.0 Å². The highest BCUT2D eigenvalue weighted by Crippen LogP contribution is 2.13. The Kier molecular flexibility index (Phi) is 4.74. The van der Waals surface area contributed by atoms with Crippen LogP contribution in [0.3, 0.4) is 0 Å². The summed E-state index contributed by atoms with van der Waals surface area (Å²) in [6.07, 6.45) is 0.618. The molecule has 4 nitrogen and oxygen atoms in total. The molecule has 0 spiro atoms. The third kappa shape index (κ3) is 4.14. The van der Waals surface area contributed by atoms with Crippen LogP contribution >= 0.6 is 0 Å². The van der Waals surface area contributed by atoms with Crippen LogP contribution in [-0.4, -0.2) is 31.3 Å². The van der Waals surface area contributed by atoms with Gasteiger partial charge in [0, 0.05) is 0 Å². The molecule has 0 saturated heterocycles. The summed E-state index contributed by atoms with van der Waals surface area (Å²) >= 11 is 0.